The number of hydrogen-bond acceptors (Lipinski definition) is 2. The van der Waals surface area contributed by atoms with E-state index < -0.39 is 0 Å². The predicted octanol–water partition coefficient (Wildman–Crippen LogP) is 3.67. The van der Waals surface area contributed by atoms with Crippen LogP contribution >= 0.6 is 11.6 Å². The maximum Gasteiger partial charge on any atom is 0.154 e. The average Bonchev–Trinajstić information content (AvgIpc) is 2.77. The predicted molar refractivity (Wildman–Crippen MR) is 72.9 cm³/mol. The summed E-state index contributed by atoms with van der Waals surface area (Å²) in [5.74, 6) is 0. The highest BCUT2D eigenvalue weighted by Crippen LogP contribution is 2.26. The van der Waals surface area contributed by atoms with Crippen molar-refractivity contribution in [3.63, 3.8) is 0 Å². The van der Waals surface area contributed by atoms with E-state index in [-0.39, 0.29) is 0 Å². The summed E-state index contributed by atoms with van der Waals surface area (Å²) in [4.78, 5) is 4.06. The van der Waals surface area contributed by atoms with Gasteiger partial charge in [-0.25, -0.2) is 9.50 Å². The quantitative estimate of drug-likeness (QED) is 0.666. The van der Waals surface area contributed by atoms with Crippen LogP contribution in [0.25, 0.3) is 16.8 Å². The lowest BCUT2D eigenvalue weighted by Crippen LogP contribution is -1.89. The monoisotopic (exact) mass is 257 g/mol. The lowest BCUT2D eigenvalue weighted by Gasteiger charge is -2.03. The summed E-state index contributed by atoms with van der Waals surface area (Å²) >= 11 is 6.06. The third-order valence-electron chi connectivity index (χ3n) is 3.01. The van der Waals surface area contributed by atoms with Crippen LogP contribution in [-0.2, 0) is 0 Å². The van der Waals surface area contributed by atoms with Gasteiger partial charge in [0.2, 0.25) is 0 Å². The summed E-state index contributed by atoms with van der Waals surface area (Å²) < 4.78 is 1.76. The minimum atomic E-state index is 0.474. The molecular weight excluding hydrogens is 246 g/mol. The molecule has 18 heavy (non-hydrogen) atoms. The number of halogens is 1. The molecule has 0 aliphatic heterocycles. The number of aromatic nitrogens is 3. The second-order valence-corrected chi connectivity index (χ2v) is 4.75. The van der Waals surface area contributed by atoms with Crippen molar-refractivity contribution in [1.82, 2.24) is 14.6 Å². The molecule has 0 atom stereocenters. The number of benzene rings is 1. The Hall–Kier alpha value is -1.87. The topological polar surface area (TPSA) is 30.2 Å². The molecule has 0 aliphatic carbocycles. The number of rotatable bonds is 1. The zero-order valence-electron chi connectivity index (χ0n) is 10.2. The van der Waals surface area contributed by atoms with Gasteiger partial charge in [0.15, 0.2) is 5.15 Å². The SMILES string of the molecule is Cc1ccc(C)c(-c2cc3c(Cl)nccn3n2)c1. The molecule has 0 fully saturated rings. The molecule has 2 aromatic heterocycles. The van der Waals surface area contributed by atoms with Gasteiger partial charge in [0.25, 0.3) is 0 Å². The Labute approximate surface area is 110 Å². The van der Waals surface area contributed by atoms with E-state index in [1.807, 2.05) is 6.07 Å². The molecule has 0 aliphatic rings. The number of aryl methyl sites for hydroxylation is 2. The molecule has 0 saturated carbocycles. The summed E-state index contributed by atoms with van der Waals surface area (Å²) in [6, 6.07) is 8.31. The van der Waals surface area contributed by atoms with Gasteiger partial charge in [0, 0.05) is 18.0 Å². The van der Waals surface area contributed by atoms with E-state index >= 15 is 0 Å². The van der Waals surface area contributed by atoms with Crippen LogP contribution in [0.15, 0.2) is 36.7 Å². The molecule has 0 N–H and O–H groups in total. The summed E-state index contributed by atoms with van der Waals surface area (Å²) in [5.41, 5.74) is 5.31. The van der Waals surface area contributed by atoms with Crippen molar-refractivity contribution in [1.29, 1.82) is 0 Å². The van der Waals surface area contributed by atoms with Crippen LogP contribution in [-0.4, -0.2) is 14.6 Å². The largest absolute Gasteiger partial charge is 0.241 e. The highest BCUT2D eigenvalue weighted by molar-refractivity contribution is 6.32. The molecule has 0 saturated heterocycles. The molecule has 0 spiro atoms. The molecule has 0 amide bonds. The molecule has 3 aromatic rings. The summed E-state index contributed by atoms with van der Waals surface area (Å²) in [5, 5.41) is 5.01. The fourth-order valence-electron chi connectivity index (χ4n) is 2.03. The van der Waals surface area contributed by atoms with Crippen LogP contribution in [0.1, 0.15) is 11.1 Å². The third kappa shape index (κ3) is 1.77. The van der Waals surface area contributed by atoms with E-state index in [0.717, 1.165) is 16.8 Å². The fraction of sp³-hybridized carbons (Fsp3) is 0.143. The van der Waals surface area contributed by atoms with Gasteiger partial charge in [-0.05, 0) is 31.5 Å². The van der Waals surface area contributed by atoms with Crippen LogP contribution in [0.5, 0.6) is 0 Å². The molecule has 90 valence electrons. The fourth-order valence-corrected chi connectivity index (χ4v) is 2.23. The van der Waals surface area contributed by atoms with Gasteiger partial charge in [-0.1, -0.05) is 29.3 Å². The van der Waals surface area contributed by atoms with Crippen molar-refractivity contribution in [2.75, 3.05) is 0 Å². The van der Waals surface area contributed by atoms with Crippen molar-refractivity contribution in [3.8, 4) is 11.3 Å². The summed E-state index contributed by atoms with van der Waals surface area (Å²) in [7, 11) is 0. The van der Waals surface area contributed by atoms with Gasteiger partial charge < -0.3 is 0 Å². The van der Waals surface area contributed by atoms with E-state index in [1.165, 1.54) is 11.1 Å². The first-order valence-electron chi connectivity index (χ1n) is 5.72. The Bertz CT molecular complexity index is 731. The minimum Gasteiger partial charge on any atom is -0.241 e. The number of fused-ring (bicyclic) bond motifs is 1. The zero-order chi connectivity index (χ0) is 12.7. The number of nitrogens with zero attached hydrogens (tertiary/aromatic N) is 3. The summed E-state index contributed by atoms with van der Waals surface area (Å²) in [6.07, 6.45) is 3.45. The van der Waals surface area contributed by atoms with Gasteiger partial charge in [-0.3, -0.25) is 0 Å². The maximum atomic E-state index is 6.06. The van der Waals surface area contributed by atoms with Crippen molar-refractivity contribution >= 4 is 17.1 Å². The second kappa shape index (κ2) is 4.10. The van der Waals surface area contributed by atoms with Crippen LogP contribution in [0, 0.1) is 13.8 Å². The summed E-state index contributed by atoms with van der Waals surface area (Å²) in [6.45, 7) is 4.16. The van der Waals surface area contributed by atoms with Gasteiger partial charge >= 0.3 is 0 Å². The van der Waals surface area contributed by atoms with Crippen molar-refractivity contribution in [2.45, 2.75) is 13.8 Å². The molecule has 4 heteroatoms. The minimum absolute atomic E-state index is 0.474. The lowest BCUT2D eigenvalue weighted by atomic mass is 10.0. The van der Waals surface area contributed by atoms with E-state index in [0.29, 0.717) is 5.15 Å². The van der Waals surface area contributed by atoms with Crippen molar-refractivity contribution in [3.05, 3.63) is 52.9 Å². The Balaban J connectivity index is 2.26. The van der Waals surface area contributed by atoms with Crippen LogP contribution in [0.3, 0.4) is 0 Å². The van der Waals surface area contributed by atoms with Crippen LogP contribution in [0.4, 0.5) is 0 Å². The molecule has 1 aromatic carbocycles. The van der Waals surface area contributed by atoms with E-state index in [1.54, 1.807) is 16.9 Å². The highest BCUT2D eigenvalue weighted by atomic mass is 35.5. The van der Waals surface area contributed by atoms with E-state index in [2.05, 4.69) is 42.1 Å². The Morgan fingerprint density at radius 1 is 1.17 bits per heavy atom. The number of hydrogen-bond donors (Lipinski definition) is 0. The standard InChI is InChI=1S/C14H12ClN3/c1-9-3-4-10(2)11(7-9)12-8-13-14(15)16-5-6-18(13)17-12/h3-8H,1-2H3. The first kappa shape index (κ1) is 11.2. The van der Waals surface area contributed by atoms with Crippen molar-refractivity contribution in [2.24, 2.45) is 0 Å². The third-order valence-corrected chi connectivity index (χ3v) is 3.30. The first-order chi connectivity index (χ1) is 8.65. The average molecular weight is 258 g/mol. The van der Waals surface area contributed by atoms with E-state index in [9.17, 15) is 0 Å². The highest BCUT2D eigenvalue weighted by Gasteiger charge is 2.09. The Kier molecular flexibility index (Phi) is 2.56. The molecule has 3 nitrogen and oxygen atoms in total. The Morgan fingerprint density at radius 2 is 2.00 bits per heavy atom. The molecule has 0 radical (unpaired) electrons. The van der Waals surface area contributed by atoms with E-state index in [4.69, 9.17) is 11.6 Å². The smallest absolute Gasteiger partial charge is 0.154 e. The molecule has 3 rings (SSSR count). The van der Waals surface area contributed by atoms with Crippen LogP contribution < -0.4 is 0 Å². The molecule has 2 heterocycles. The normalized spacial score (nSPS) is 11.1. The molecule has 0 bridgehead atoms. The van der Waals surface area contributed by atoms with Gasteiger partial charge in [0.05, 0.1) is 5.69 Å². The molecular formula is C14H12ClN3. The van der Waals surface area contributed by atoms with Crippen molar-refractivity contribution < 1.29 is 0 Å². The molecule has 0 unspecified atom stereocenters. The van der Waals surface area contributed by atoms with Gasteiger partial charge in [-0.2, -0.15) is 5.10 Å². The van der Waals surface area contributed by atoms with Gasteiger partial charge in [0.1, 0.15) is 5.52 Å². The van der Waals surface area contributed by atoms with Gasteiger partial charge in [-0.15, -0.1) is 0 Å². The lowest BCUT2D eigenvalue weighted by molar-refractivity contribution is 0.949. The Morgan fingerprint density at radius 3 is 2.78 bits per heavy atom. The first-order valence-corrected chi connectivity index (χ1v) is 6.10. The maximum absolute atomic E-state index is 6.06. The van der Waals surface area contributed by atoms with Crippen LogP contribution in [0.2, 0.25) is 5.15 Å². The second-order valence-electron chi connectivity index (χ2n) is 4.40. The zero-order valence-corrected chi connectivity index (χ0v) is 10.9.